The molecule has 2 heterocycles. The molecule has 172 valence electrons. The Kier molecular flexibility index (Phi) is 8.45. The smallest absolute Gasteiger partial charge is 0.263 e. The number of hydrogen-bond donors (Lipinski definition) is 2. The van der Waals surface area contributed by atoms with E-state index in [1.165, 1.54) is 0 Å². The lowest BCUT2D eigenvalue weighted by molar-refractivity contribution is -0.122. The largest absolute Gasteiger partial charge is 0.354 e. The maximum Gasteiger partial charge on any atom is 0.263 e. The molecule has 8 nitrogen and oxygen atoms in total. The summed E-state index contributed by atoms with van der Waals surface area (Å²) in [5.41, 5.74) is 0.531. The van der Waals surface area contributed by atoms with Crippen molar-refractivity contribution in [3.05, 3.63) is 29.8 Å². The van der Waals surface area contributed by atoms with Crippen LogP contribution < -0.4 is 10.0 Å². The van der Waals surface area contributed by atoms with Crippen molar-refractivity contribution in [2.75, 3.05) is 46.3 Å². The summed E-state index contributed by atoms with van der Waals surface area (Å²) in [5, 5.41) is 3.01. The number of unbranched alkanes of at least 4 members (excludes halogenated alkanes) is 2. The summed E-state index contributed by atoms with van der Waals surface area (Å²) >= 11 is 0. The van der Waals surface area contributed by atoms with Crippen LogP contribution in [0.4, 0.5) is 0 Å². The van der Waals surface area contributed by atoms with Crippen molar-refractivity contribution in [2.24, 2.45) is 4.99 Å². The zero-order valence-electron chi connectivity index (χ0n) is 18.6. The second-order valence-corrected chi connectivity index (χ2v) is 10.0. The first-order valence-corrected chi connectivity index (χ1v) is 12.8. The SMILES string of the molecule is CCCCC(N=C1NS(=O)(=O)c2ccccc21)C(=O)NCCCCN1CCN(C)CC1. The number of sulfonamides is 1. The normalized spacial score (nSPS) is 20.9. The number of hydrogen-bond acceptors (Lipinski definition) is 6. The average Bonchev–Trinajstić information content (AvgIpc) is 3.02. The maximum atomic E-state index is 12.8. The highest BCUT2D eigenvalue weighted by Gasteiger charge is 2.31. The number of amidine groups is 1. The van der Waals surface area contributed by atoms with Crippen LogP contribution in [-0.4, -0.2) is 82.3 Å². The maximum absolute atomic E-state index is 12.8. The Morgan fingerprint density at radius 2 is 1.90 bits per heavy atom. The van der Waals surface area contributed by atoms with Crippen molar-refractivity contribution in [3.8, 4) is 0 Å². The van der Waals surface area contributed by atoms with Gasteiger partial charge in [-0.15, -0.1) is 0 Å². The summed E-state index contributed by atoms with van der Waals surface area (Å²) in [6, 6.07) is 6.14. The molecule has 1 unspecified atom stereocenters. The molecule has 1 aromatic carbocycles. The van der Waals surface area contributed by atoms with Gasteiger partial charge < -0.3 is 15.1 Å². The van der Waals surface area contributed by atoms with Crippen LogP contribution in [0.5, 0.6) is 0 Å². The van der Waals surface area contributed by atoms with Crippen molar-refractivity contribution >= 4 is 21.8 Å². The fourth-order valence-electron chi connectivity index (χ4n) is 3.90. The number of fused-ring (bicyclic) bond motifs is 1. The van der Waals surface area contributed by atoms with E-state index in [0.717, 1.165) is 58.4 Å². The van der Waals surface area contributed by atoms with Gasteiger partial charge >= 0.3 is 0 Å². The number of amides is 1. The molecule has 0 saturated carbocycles. The molecular weight excluding hydrogens is 414 g/mol. The van der Waals surface area contributed by atoms with E-state index in [1.807, 2.05) is 0 Å². The molecule has 0 bridgehead atoms. The first-order valence-electron chi connectivity index (χ1n) is 11.3. The van der Waals surface area contributed by atoms with Gasteiger partial charge in [-0.3, -0.25) is 14.5 Å². The van der Waals surface area contributed by atoms with Crippen LogP contribution in [-0.2, 0) is 14.8 Å². The minimum Gasteiger partial charge on any atom is -0.354 e. The molecule has 0 aromatic heterocycles. The Morgan fingerprint density at radius 3 is 2.65 bits per heavy atom. The van der Waals surface area contributed by atoms with E-state index in [2.05, 4.69) is 38.8 Å². The number of nitrogens with zero attached hydrogens (tertiary/aromatic N) is 3. The molecule has 31 heavy (non-hydrogen) atoms. The molecule has 1 aromatic rings. The molecule has 9 heteroatoms. The minimum atomic E-state index is -3.61. The minimum absolute atomic E-state index is 0.135. The number of likely N-dealkylation sites (N-methyl/N-ethyl adjacent to an activating group) is 1. The number of benzene rings is 1. The van der Waals surface area contributed by atoms with E-state index in [9.17, 15) is 13.2 Å². The van der Waals surface area contributed by atoms with Gasteiger partial charge in [0.15, 0.2) is 0 Å². The van der Waals surface area contributed by atoms with E-state index in [1.54, 1.807) is 24.3 Å². The predicted molar refractivity (Wildman–Crippen MR) is 123 cm³/mol. The fourth-order valence-corrected chi connectivity index (χ4v) is 5.14. The lowest BCUT2D eigenvalue weighted by atomic mass is 10.1. The summed E-state index contributed by atoms with van der Waals surface area (Å²) in [5.74, 6) is 0.131. The summed E-state index contributed by atoms with van der Waals surface area (Å²) in [6.45, 7) is 8.18. The third-order valence-corrected chi connectivity index (χ3v) is 7.27. The highest BCUT2D eigenvalue weighted by atomic mass is 32.2. The number of nitrogens with one attached hydrogen (secondary N) is 2. The second kappa shape index (κ2) is 11.1. The topological polar surface area (TPSA) is 94.1 Å². The van der Waals surface area contributed by atoms with Crippen molar-refractivity contribution < 1.29 is 13.2 Å². The van der Waals surface area contributed by atoms with Gasteiger partial charge in [0.2, 0.25) is 5.91 Å². The van der Waals surface area contributed by atoms with E-state index < -0.39 is 16.1 Å². The van der Waals surface area contributed by atoms with E-state index in [4.69, 9.17) is 0 Å². The van der Waals surface area contributed by atoms with Gasteiger partial charge in [0.05, 0.1) is 4.90 Å². The Balaban J connectivity index is 1.53. The van der Waals surface area contributed by atoms with Crippen LogP contribution >= 0.6 is 0 Å². The molecule has 1 amide bonds. The van der Waals surface area contributed by atoms with Crippen molar-refractivity contribution in [3.63, 3.8) is 0 Å². The average molecular weight is 450 g/mol. The third kappa shape index (κ3) is 6.51. The lowest BCUT2D eigenvalue weighted by Crippen LogP contribution is -2.44. The zero-order valence-corrected chi connectivity index (χ0v) is 19.5. The molecule has 1 atom stereocenters. The van der Waals surface area contributed by atoms with Crippen LogP contribution in [0, 0.1) is 0 Å². The van der Waals surface area contributed by atoms with Crippen LogP contribution in [0.2, 0.25) is 0 Å². The number of carbonyl (C=O) groups is 1. The van der Waals surface area contributed by atoms with E-state index >= 15 is 0 Å². The van der Waals surface area contributed by atoms with Gasteiger partial charge in [0, 0.05) is 38.3 Å². The summed E-state index contributed by atoms with van der Waals surface area (Å²) < 4.78 is 27.2. The molecule has 1 saturated heterocycles. The first kappa shape index (κ1) is 23.7. The standard InChI is InChI=1S/C22H35N5O3S/c1-3-4-10-19(24-21-18-9-5-6-11-20(18)31(29,30)25-21)22(28)23-12-7-8-13-27-16-14-26(2)15-17-27/h5-6,9,11,19H,3-4,7-8,10,12-17H2,1-2H3,(H,23,28)(H,24,25). The number of piperazine rings is 1. The van der Waals surface area contributed by atoms with Gasteiger partial charge in [-0.25, -0.2) is 8.42 Å². The van der Waals surface area contributed by atoms with Crippen molar-refractivity contribution in [2.45, 2.75) is 50.0 Å². The highest BCUT2D eigenvalue weighted by Crippen LogP contribution is 2.23. The Hall–Kier alpha value is -1.97. The number of carbonyl (C=O) groups excluding carboxylic acids is 1. The molecule has 1 fully saturated rings. The number of rotatable bonds is 10. The van der Waals surface area contributed by atoms with Crippen molar-refractivity contribution in [1.29, 1.82) is 0 Å². The predicted octanol–water partition coefficient (Wildman–Crippen LogP) is 1.43. The quantitative estimate of drug-likeness (QED) is 0.527. The highest BCUT2D eigenvalue weighted by molar-refractivity contribution is 7.90. The molecule has 2 N–H and O–H groups in total. The van der Waals surface area contributed by atoms with Gasteiger partial charge in [-0.05, 0) is 45.0 Å². The van der Waals surface area contributed by atoms with Gasteiger partial charge in [-0.1, -0.05) is 31.9 Å². The van der Waals surface area contributed by atoms with E-state index in [0.29, 0.717) is 18.5 Å². The van der Waals surface area contributed by atoms with Crippen LogP contribution in [0.15, 0.2) is 34.2 Å². The second-order valence-electron chi connectivity index (χ2n) is 8.38. The van der Waals surface area contributed by atoms with Gasteiger partial charge in [0.1, 0.15) is 11.9 Å². The third-order valence-electron chi connectivity index (χ3n) is 5.88. The monoisotopic (exact) mass is 449 g/mol. The Bertz CT molecular complexity index is 879. The fraction of sp³-hybridized carbons (Fsp3) is 0.636. The number of aliphatic imine (C=N–C) groups is 1. The molecule has 0 aliphatic carbocycles. The van der Waals surface area contributed by atoms with Crippen LogP contribution in [0.25, 0.3) is 0 Å². The molecule has 2 aliphatic heterocycles. The van der Waals surface area contributed by atoms with E-state index in [-0.39, 0.29) is 16.6 Å². The molecule has 0 spiro atoms. The molecule has 2 aliphatic rings. The zero-order chi connectivity index (χ0) is 22.3. The summed E-state index contributed by atoms with van der Waals surface area (Å²) in [4.78, 5) is 22.4. The summed E-state index contributed by atoms with van der Waals surface area (Å²) in [7, 11) is -1.45. The Labute approximate surface area is 186 Å². The van der Waals surface area contributed by atoms with Crippen LogP contribution in [0.1, 0.15) is 44.6 Å². The molecular formula is C22H35N5O3S. The van der Waals surface area contributed by atoms with Crippen molar-refractivity contribution in [1.82, 2.24) is 19.8 Å². The molecule has 0 radical (unpaired) electrons. The molecule has 3 rings (SSSR count). The lowest BCUT2D eigenvalue weighted by Gasteiger charge is -2.32. The summed E-state index contributed by atoms with van der Waals surface area (Å²) in [6.07, 6.45) is 4.36. The van der Waals surface area contributed by atoms with Crippen LogP contribution in [0.3, 0.4) is 0 Å². The van der Waals surface area contributed by atoms with Gasteiger partial charge in [0.25, 0.3) is 10.0 Å². The van der Waals surface area contributed by atoms with Gasteiger partial charge in [-0.2, -0.15) is 0 Å². The Morgan fingerprint density at radius 1 is 1.16 bits per heavy atom. The first-order chi connectivity index (χ1) is 14.9.